The van der Waals surface area contributed by atoms with Crippen LogP contribution < -0.4 is 5.32 Å². The molecule has 8 bridgehead atoms. The van der Waals surface area contributed by atoms with Crippen molar-refractivity contribution in [2.24, 2.45) is 41.4 Å². The molecule has 0 aliphatic heterocycles. The van der Waals surface area contributed by atoms with Crippen LogP contribution in [0, 0.1) is 41.4 Å². The molecule has 6 aliphatic carbocycles. The van der Waals surface area contributed by atoms with E-state index in [1.165, 1.54) is 0 Å². The molecule has 6 atom stereocenters. The predicted octanol–water partition coefficient (Wildman–Crippen LogP) is 2.22. The summed E-state index contributed by atoms with van der Waals surface area (Å²) in [5, 5.41) is 4.00. The summed E-state index contributed by atoms with van der Waals surface area (Å²) in [6.07, 6.45) is 10.2. The zero-order valence-corrected chi connectivity index (χ0v) is 9.93. The molecule has 0 saturated heterocycles. The molecule has 0 radical (unpaired) electrons. The molecular weight excluding hydrogens is 194 g/mol. The Morgan fingerprint density at radius 2 is 1.50 bits per heavy atom. The summed E-state index contributed by atoms with van der Waals surface area (Å²) < 4.78 is 0. The fourth-order valence-electron chi connectivity index (χ4n) is 6.50. The Morgan fingerprint density at radius 1 is 0.938 bits per heavy atom. The molecule has 1 nitrogen and oxygen atoms in total. The lowest BCUT2D eigenvalue weighted by Crippen LogP contribution is -2.58. The second-order valence-electron chi connectivity index (χ2n) is 6.89. The van der Waals surface area contributed by atoms with Crippen molar-refractivity contribution in [3.63, 3.8) is 0 Å². The molecule has 4 saturated carbocycles. The van der Waals surface area contributed by atoms with Gasteiger partial charge in [-0.15, -0.1) is 0 Å². The lowest BCUT2D eigenvalue weighted by Gasteiger charge is -2.45. The Balaban J connectivity index is 1.72. The number of allylic oxidation sites excluding steroid dienone is 2. The molecule has 0 heterocycles. The molecule has 0 aromatic carbocycles. The maximum atomic E-state index is 4.00. The highest BCUT2D eigenvalue weighted by Crippen LogP contribution is 2.80. The number of hydrogen-bond donors (Lipinski definition) is 1. The fraction of sp³-hybridized carbons (Fsp3) is 0.733. The van der Waals surface area contributed by atoms with Gasteiger partial charge in [0, 0.05) is 11.6 Å². The first kappa shape index (κ1) is 8.52. The summed E-state index contributed by atoms with van der Waals surface area (Å²) in [7, 11) is 0. The molecular formula is C15H19N. The molecule has 1 heteroatoms. The molecule has 1 N–H and O–H groups in total. The highest BCUT2D eigenvalue weighted by molar-refractivity contribution is 5.46. The van der Waals surface area contributed by atoms with Gasteiger partial charge >= 0.3 is 0 Å². The molecule has 6 unspecified atom stereocenters. The Labute approximate surface area is 97.0 Å². The van der Waals surface area contributed by atoms with Crippen LogP contribution in [-0.4, -0.2) is 11.6 Å². The molecule has 84 valence electrons. The van der Waals surface area contributed by atoms with Gasteiger partial charge in [-0.3, -0.25) is 0 Å². The van der Waals surface area contributed by atoms with E-state index in [0.717, 1.165) is 41.4 Å². The minimum atomic E-state index is 0.475. The number of nitrogens with one attached hydrogen (secondary N) is 1. The first-order valence-corrected chi connectivity index (χ1v) is 6.89. The highest BCUT2D eigenvalue weighted by atomic mass is 15.1. The third-order valence-electron chi connectivity index (χ3n) is 6.27. The van der Waals surface area contributed by atoms with Gasteiger partial charge in [-0.1, -0.05) is 38.2 Å². The minimum Gasteiger partial charge on any atom is -0.308 e. The maximum Gasteiger partial charge on any atom is 0.0354 e. The van der Waals surface area contributed by atoms with Crippen LogP contribution in [0.4, 0.5) is 0 Å². The van der Waals surface area contributed by atoms with Crippen LogP contribution >= 0.6 is 0 Å². The first-order valence-electron chi connectivity index (χ1n) is 6.89. The third-order valence-corrected chi connectivity index (χ3v) is 6.27. The van der Waals surface area contributed by atoms with E-state index in [2.05, 4.69) is 43.5 Å². The Kier molecular flexibility index (Phi) is 1.17. The second kappa shape index (κ2) is 2.20. The molecule has 4 fully saturated rings. The zero-order valence-electron chi connectivity index (χ0n) is 9.93. The molecule has 16 heavy (non-hydrogen) atoms. The minimum absolute atomic E-state index is 0.475. The van der Waals surface area contributed by atoms with E-state index in [-0.39, 0.29) is 0 Å². The summed E-state index contributed by atoms with van der Waals surface area (Å²) >= 11 is 0. The Morgan fingerprint density at radius 3 is 2.00 bits per heavy atom. The molecule has 0 aromatic rings. The van der Waals surface area contributed by atoms with E-state index in [1.807, 2.05) is 0 Å². The van der Waals surface area contributed by atoms with E-state index >= 15 is 0 Å². The van der Waals surface area contributed by atoms with Gasteiger partial charge in [-0.25, -0.2) is 0 Å². The van der Waals surface area contributed by atoms with Crippen molar-refractivity contribution in [1.82, 2.24) is 5.32 Å². The van der Waals surface area contributed by atoms with Gasteiger partial charge in [0.1, 0.15) is 0 Å². The smallest absolute Gasteiger partial charge is 0.0354 e. The number of hydrogen-bond acceptors (Lipinski definition) is 1. The quantitative estimate of drug-likeness (QED) is 0.694. The topological polar surface area (TPSA) is 12.0 Å². The maximum absolute atomic E-state index is 4.00. The van der Waals surface area contributed by atoms with Crippen molar-refractivity contribution in [2.75, 3.05) is 0 Å². The highest BCUT2D eigenvalue weighted by Gasteiger charge is 2.81. The van der Waals surface area contributed by atoms with Gasteiger partial charge in [0.2, 0.25) is 0 Å². The average Bonchev–Trinajstić information content (AvgIpc) is 2.95. The van der Waals surface area contributed by atoms with Crippen LogP contribution in [0.2, 0.25) is 0 Å². The monoisotopic (exact) mass is 213 g/mol. The van der Waals surface area contributed by atoms with Gasteiger partial charge in [0.05, 0.1) is 0 Å². The van der Waals surface area contributed by atoms with Crippen LogP contribution in [0.15, 0.2) is 24.3 Å². The second-order valence-corrected chi connectivity index (χ2v) is 6.89. The predicted molar refractivity (Wildman–Crippen MR) is 63.7 cm³/mol. The standard InChI is InChI=1S/C15H19N/c1-7(2)16-15-10-5-3-8-12(10)13-9(14(8)15)4-6-11(13)15/h3-14,16H,1-2H3. The molecule has 6 rings (SSSR count). The van der Waals surface area contributed by atoms with Gasteiger partial charge in [-0.2, -0.15) is 0 Å². The SMILES string of the molecule is CC(C)NC12C3C=CC4C3C3C(C=CC31)C42. The molecule has 0 aromatic heterocycles. The third kappa shape index (κ3) is 0.569. The normalized spacial score (nSPS) is 66.1. The van der Waals surface area contributed by atoms with Crippen molar-refractivity contribution in [2.45, 2.75) is 25.4 Å². The van der Waals surface area contributed by atoms with Crippen molar-refractivity contribution in [1.29, 1.82) is 0 Å². The lowest BCUT2D eigenvalue weighted by molar-refractivity contribution is 0.158. The van der Waals surface area contributed by atoms with Gasteiger partial charge in [0.25, 0.3) is 0 Å². The molecule has 0 spiro atoms. The summed E-state index contributed by atoms with van der Waals surface area (Å²) in [5.74, 6) is 6.51. The van der Waals surface area contributed by atoms with Crippen molar-refractivity contribution in [3.05, 3.63) is 24.3 Å². The molecule has 6 aliphatic rings. The zero-order chi connectivity index (χ0) is 10.7. The van der Waals surface area contributed by atoms with Crippen molar-refractivity contribution in [3.8, 4) is 0 Å². The van der Waals surface area contributed by atoms with E-state index in [9.17, 15) is 0 Å². The fourth-order valence-corrected chi connectivity index (χ4v) is 6.50. The van der Waals surface area contributed by atoms with Crippen molar-refractivity contribution >= 4 is 0 Å². The summed E-state index contributed by atoms with van der Waals surface area (Å²) in [4.78, 5) is 0. The van der Waals surface area contributed by atoms with E-state index < -0.39 is 0 Å². The summed E-state index contributed by atoms with van der Waals surface area (Å²) in [6.45, 7) is 4.62. The average molecular weight is 213 g/mol. The van der Waals surface area contributed by atoms with E-state index in [1.54, 1.807) is 0 Å². The van der Waals surface area contributed by atoms with Gasteiger partial charge in [0.15, 0.2) is 0 Å². The lowest BCUT2D eigenvalue weighted by atomic mass is 9.69. The number of rotatable bonds is 2. The van der Waals surface area contributed by atoms with Gasteiger partial charge < -0.3 is 5.32 Å². The van der Waals surface area contributed by atoms with Crippen LogP contribution in [0.5, 0.6) is 0 Å². The summed E-state index contributed by atoms with van der Waals surface area (Å²) in [5.41, 5.74) is 0.475. The Hall–Kier alpha value is -0.560. The van der Waals surface area contributed by atoms with Crippen LogP contribution in [0.25, 0.3) is 0 Å². The van der Waals surface area contributed by atoms with Gasteiger partial charge in [-0.05, 0) is 41.4 Å². The van der Waals surface area contributed by atoms with Crippen molar-refractivity contribution < 1.29 is 0 Å². The Bertz CT molecular complexity index is 401. The van der Waals surface area contributed by atoms with Crippen LogP contribution in [0.1, 0.15) is 13.8 Å². The van der Waals surface area contributed by atoms with Crippen LogP contribution in [0.3, 0.4) is 0 Å². The largest absolute Gasteiger partial charge is 0.308 e. The molecule has 0 amide bonds. The van der Waals surface area contributed by atoms with Crippen LogP contribution in [-0.2, 0) is 0 Å². The summed E-state index contributed by atoms with van der Waals surface area (Å²) in [6, 6.07) is 0.627. The van der Waals surface area contributed by atoms with E-state index in [0.29, 0.717) is 11.6 Å². The first-order chi connectivity index (χ1) is 7.75. The van der Waals surface area contributed by atoms with E-state index in [4.69, 9.17) is 0 Å².